The standard InChI is InChI=1S/C24H28N4O2S/c1-16-7-3-4-8-17(16)24(29)28-13-11-27(12-14-28)22-21-18-9-5-6-10-19(18)31-23(21)26-20(25-22)15-30-2/h3-4,7-8H,5-6,9-15H2,1-2H3. The van der Waals surface area contributed by atoms with E-state index in [2.05, 4.69) is 4.90 Å². The molecule has 1 saturated heterocycles. The molecule has 1 aliphatic carbocycles. The molecule has 2 aliphatic rings. The Hall–Kier alpha value is -2.51. The minimum absolute atomic E-state index is 0.124. The lowest BCUT2D eigenvalue weighted by atomic mass is 9.97. The molecule has 31 heavy (non-hydrogen) atoms. The molecule has 1 aromatic carbocycles. The summed E-state index contributed by atoms with van der Waals surface area (Å²) in [6, 6.07) is 7.83. The van der Waals surface area contributed by atoms with E-state index in [4.69, 9.17) is 14.7 Å². The zero-order valence-electron chi connectivity index (χ0n) is 18.2. The van der Waals surface area contributed by atoms with Gasteiger partial charge >= 0.3 is 0 Å². The number of thiophene rings is 1. The summed E-state index contributed by atoms with van der Waals surface area (Å²) < 4.78 is 5.34. The average Bonchev–Trinajstić information content (AvgIpc) is 3.17. The summed E-state index contributed by atoms with van der Waals surface area (Å²) in [5, 5.41) is 1.23. The number of benzene rings is 1. The summed E-state index contributed by atoms with van der Waals surface area (Å²) in [6.45, 7) is 5.37. The third-order valence-electron chi connectivity index (χ3n) is 6.36. The van der Waals surface area contributed by atoms with Gasteiger partial charge in [-0.1, -0.05) is 18.2 Å². The molecule has 6 nitrogen and oxygen atoms in total. The van der Waals surface area contributed by atoms with E-state index in [-0.39, 0.29) is 5.91 Å². The van der Waals surface area contributed by atoms with Gasteiger partial charge in [-0.25, -0.2) is 9.97 Å². The van der Waals surface area contributed by atoms with Gasteiger partial charge in [0, 0.05) is 43.7 Å². The number of hydrogen-bond donors (Lipinski definition) is 0. The summed E-state index contributed by atoms with van der Waals surface area (Å²) >= 11 is 1.82. The Morgan fingerprint density at radius 1 is 1.10 bits per heavy atom. The lowest BCUT2D eigenvalue weighted by Gasteiger charge is -2.36. The third-order valence-corrected chi connectivity index (χ3v) is 7.54. The number of carbonyl (C=O) groups is 1. The van der Waals surface area contributed by atoms with E-state index in [1.54, 1.807) is 7.11 Å². The van der Waals surface area contributed by atoms with Gasteiger partial charge in [-0.05, 0) is 49.8 Å². The molecule has 3 aromatic rings. The van der Waals surface area contributed by atoms with E-state index in [0.29, 0.717) is 19.7 Å². The molecule has 7 heteroatoms. The Morgan fingerprint density at radius 3 is 2.65 bits per heavy atom. The van der Waals surface area contributed by atoms with Gasteiger partial charge in [0.15, 0.2) is 5.82 Å². The first-order valence-electron chi connectivity index (χ1n) is 11.1. The molecule has 1 amide bonds. The first-order chi connectivity index (χ1) is 15.2. The number of methoxy groups -OCH3 is 1. The Morgan fingerprint density at radius 2 is 1.87 bits per heavy atom. The molecule has 0 saturated carbocycles. The van der Waals surface area contributed by atoms with E-state index >= 15 is 0 Å². The van der Waals surface area contributed by atoms with Crippen molar-refractivity contribution in [2.45, 2.75) is 39.2 Å². The van der Waals surface area contributed by atoms with E-state index in [9.17, 15) is 4.79 Å². The van der Waals surface area contributed by atoms with Crippen LogP contribution in [0, 0.1) is 6.92 Å². The molecule has 0 atom stereocenters. The van der Waals surface area contributed by atoms with E-state index in [1.807, 2.05) is 47.4 Å². The third kappa shape index (κ3) is 3.81. The largest absolute Gasteiger partial charge is 0.377 e. The molecule has 162 valence electrons. The number of aromatic nitrogens is 2. The minimum atomic E-state index is 0.124. The smallest absolute Gasteiger partial charge is 0.254 e. The van der Waals surface area contributed by atoms with E-state index in [0.717, 1.165) is 53.5 Å². The van der Waals surface area contributed by atoms with Crippen LogP contribution in [0.25, 0.3) is 10.2 Å². The predicted octanol–water partition coefficient (Wildman–Crippen LogP) is 3.99. The maximum atomic E-state index is 13.0. The molecule has 1 aliphatic heterocycles. The summed E-state index contributed by atoms with van der Waals surface area (Å²) in [7, 11) is 1.68. The Kier molecular flexibility index (Phi) is 5.63. The summed E-state index contributed by atoms with van der Waals surface area (Å²) in [5.41, 5.74) is 3.28. The SMILES string of the molecule is COCc1nc(N2CCN(C(=O)c3ccccc3C)CC2)c2c3c(sc2n1)CCCC3. The Labute approximate surface area is 186 Å². The number of aryl methyl sites for hydroxylation is 3. The Balaban J connectivity index is 1.43. The molecular weight excluding hydrogens is 408 g/mol. The van der Waals surface area contributed by atoms with Crippen LogP contribution in [0.15, 0.2) is 24.3 Å². The van der Waals surface area contributed by atoms with Crippen molar-refractivity contribution in [3.05, 3.63) is 51.7 Å². The van der Waals surface area contributed by atoms with Gasteiger partial charge in [0.2, 0.25) is 0 Å². The summed E-state index contributed by atoms with van der Waals surface area (Å²) in [6.07, 6.45) is 4.75. The van der Waals surface area contributed by atoms with Crippen molar-refractivity contribution < 1.29 is 9.53 Å². The molecular formula is C24H28N4O2S. The highest BCUT2D eigenvalue weighted by Gasteiger charge is 2.28. The number of carbonyl (C=O) groups excluding carboxylic acids is 1. The molecule has 2 aromatic heterocycles. The molecule has 3 heterocycles. The van der Waals surface area contributed by atoms with Gasteiger partial charge in [0.05, 0.1) is 5.39 Å². The average molecular weight is 437 g/mol. The van der Waals surface area contributed by atoms with Crippen LogP contribution in [0.3, 0.4) is 0 Å². The van der Waals surface area contributed by atoms with Crippen LogP contribution >= 0.6 is 11.3 Å². The van der Waals surface area contributed by atoms with Crippen molar-refractivity contribution in [2.75, 3.05) is 38.2 Å². The Bertz CT molecular complexity index is 1120. The number of rotatable bonds is 4. The van der Waals surface area contributed by atoms with Crippen LogP contribution in [0.1, 0.15) is 45.0 Å². The number of amides is 1. The lowest BCUT2D eigenvalue weighted by molar-refractivity contribution is 0.0746. The zero-order chi connectivity index (χ0) is 21.4. The molecule has 0 bridgehead atoms. The van der Waals surface area contributed by atoms with Crippen LogP contribution in [0.5, 0.6) is 0 Å². The van der Waals surface area contributed by atoms with Crippen molar-refractivity contribution in [3.8, 4) is 0 Å². The monoisotopic (exact) mass is 436 g/mol. The predicted molar refractivity (Wildman–Crippen MR) is 124 cm³/mol. The second kappa shape index (κ2) is 8.55. The summed E-state index contributed by atoms with van der Waals surface area (Å²) in [5.74, 6) is 1.89. The number of anilines is 1. The minimum Gasteiger partial charge on any atom is -0.377 e. The van der Waals surface area contributed by atoms with Gasteiger partial charge in [0.25, 0.3) is 5.91 Å². The van der Waals surface area contributed by atoms with Crippen LogP contribution in [0.2, 0.25) is 0 Å². The zero-order valence-corrected chi connectivity index (χ0v) is 19.0. The topological polar surface area (TPSA) is 58.6 Å². The van der Waals surface area contributed by atoms with Gasteiger partial charge in [-0.2, -0.15) is 0 Å². The van der Waals surface area contributed by atoms with Crippen LogP contribution < -0.4 is 4.90 Å². The van der Waals surface area contributed by atoms with Crippen molar-refractivity contribution in [1.82, 2.24) is 14.9 Å². The molecule has 0 unspecified atom stereocenters. The molecule has 1 fully saturated rings. The van der Waals surface area contributed by atoms with Gasteiger partial charge in [-0.15, -0.1) is 11.3 Å². The van der Waals surface area contributed by atoms with Crippen molar-refractivity contribution in [3.63, 3.8) is 0 Å². The number of ether oxygens (including phenoxy) is 1. The molecule has 0 radical (unpaired) electrons. The summed E-state index contributed by atoms with van der Waals surface area (Å²) in [4.78, 5) is 29.6. The van der Waals surface area contributed by atoms with E-state index in [1.165, 1.54) is 28.7 Å². The van der Waals surface area contributed by atoms with Gasteiger partial charge < -0.3 is 14.5 Å². The normalized spacial score (nSPS) is 16.6. The fourth-order valence-corrected chi connectivity index (χ4v) is 5.98. The van der Waals surface area contributed by atoms with Crippen LogP contribution in [-0.2, 0) is 24.2 Å². The second-order valence-corrected chi connectivity index (χ2v) is 9.47. The maximum absolute atomic E-state index is 13.0. The maximum Gasteiger partial charge on any atom is 0.254 e. The molecule has 5 rings (SSSR count). The number of fused-ring (bicyclic) bond motifs is 3. The quantitative estimate of drug-likeness (QED) is 0.619. The van der Waals surface area contributed by atoms with Crippen molar-refractivity contribution >= 4 is 33.3 Å². The first kappa shape index (κ1) is 20.4. The van der Waals surface area contributed by atoms with Gasteiger partial charge in [0.1, 0.15) is 17.3 Å². The molecule has 0 spiro atoms. The highest BCUT2D eigenvalue weighted by molar-refractivity contribution is 7.19. The fraction of sp³-hybridized carbons (Fsp3) is 0.458. The number of hydrogen-bond acceptors (Lipinski definition) is 6. The van der Waals surface area contributed by atoms with Gasteiger partial charge in [-0.3, -0.25) is 4.79 Å². The van der Waals surface area contributed by atoms with Crippen LogP contribution in [-0.4, -0.2) is 54.1 Å². The van der Waals surface area contributed by atoms with Crippen molar-refractivity contribution in [1.29, 1.82) is 0 Å². The molecule has 0 N–H and O–H groups in total. The van der Waals surface area contributed by atoms with Crippen molar-refractivity contribution in [2.24, 2.45) is 0 Å². The lowest BCUT2D eigenvalue weighted by Crippen LogP contribution is -2.49. The highest BCUT2D eigenvalue weighted by atomic mass is 32.1. The number of piperazine rings is 1. The number of nitrogens with zero attached hydrogens (tertiary/aromatic N) is 4. The first-order valence-corrected chi connectivity index (χ1v) is 11.9. The second-order valence-electron chi connectivity index (χ2n) is 8.38. The highest BCUT2D eigenvalue weighted by Crippen LogP contribution is 2.40. The van der Waals surface area contributed by atoms with Crippen LogP contribution in [0.4, 0.5) is 5.82 Å². The van der Waals surface area contributed by atoms with E-state index < -0.39 is 0 Å². The fourth-order valence-electron chi connectivity index (χ4n) is 4.71.